The smallest absolute Gasteiger partial charge is 0.0511 e. The zero-order valence-electron chi connectivity index (χ0n) is 10.3. The van der Waals surface area contributed by atoms with Crippen LogP contribution in [0.4, 0.5) is 5.69 Å². The van der Waals surface area contributed by atoms with Gasteiger partial charge in [0.2, 0.25) is 0 Å². The van der Waals surface area contributed by atoms with Gasteiger partial charge < -0.3 is 10.1 Å². The summed E-state index contributed by atoms with van der Waals surface area (Å²) in [6, 6.07) is 12.8. The Labute approximate surface area is 112 Å². The van der Waals surface area contributed by atoms with Gasteiger partial charge in [0.25, 0.3) is 0 Å². The average molecular weight is 259 g/mol. The van der Waals surface area contributed by atoms with Crippen molar-refractivity contribution in [3.63, 3.8) is 0 Å². The van der Waals surface area contributed by atoms with Gasteiger partial charge in [-0.15, -0.1) is 11.3 Å². The summed E-state index contributed by atoms with van der Waals surface area (Å²) in [6.45, 7) is 2.81. The van der Waals surface area contributed by atoms with Crippen LogP contribution in [0.2, 0.25) is 0 Å². The second-order valence-electron chi connectivity index (χ2n) is 4.63. The molecule has 0 spiro atoms. The Morgan fingerprint density at radius 2 is 2.17 bits per heavy atom. The van der Waals surface area contributed by atoms with Crippen LogP contribution in [-0.2, 0) is 4.74 Å². The summed E-state index contributed by atoms with van der Waals surface area (Å²) >= 11 is 1.78. The Hall–Kier alpha value is -1.32. The molecule has 1 N–H and O–H groups in total. The molecule has 1 fully saturated rings. The molecule has 0 radical (unpaired) electrons. The maximum Gasteiger partial charge on any atom is 0.0511 e. The molecule has 1 atom stereocenters. The van der Waals surface area contributed by atoms with Gasteiger partial charge in [0.15, 0.2) is 0 Å². The number of hydrogen-bond acceptors (Lipinski definition) is 3. The van der Waals surface area contributed by atoms with Gasteiger partial charge in [-0.1, -0.05) is 24.3 Å². The monoisotopic (exact) mass is 259 g/mol. The summed E-state index contributed by atoms with van der Waals surface area (Å²) in [5.41, 5.74) is 2.53. The third-order valence-corrected chi connectivity index (χ3v) is 4.22. The number of anilines is 1. The van der Waals surface area contributed by atoms with Crippen LogP contribution in [0.3, 0.4) is 0 Å². The maximum atomic E-state index is 5.41. The number of benzene rings is 1. The van der Waals surface area contributed by atoms with Crippen molar-refractivity contribution in [1.29, 1.82) is 0 Å². The fourth-order valence-corrected chi connectivity index (χ4v) is 3.05. The fourth-order valence-electron chi connectivity index (χ4n) is 2.28. The van der Waals surface area contributed by atoms with Gasteiger partial charge in [0.1, 0.15) is 0 Å². The van der Waals surface area contributed by atoms with Crippen LogP contribution < -0.4 is 5.32 Å². The van der Waals surface area contributed by atoms with Crippen LogP contribution in [-0.4, -0.2) is 19.8 Å². The second kappa shape index (κ2) is 5.55. The van der Waals surface area contributed by atoms with Crippen molar-refractivity contribution < 1.29 is 4.74 Å². The first-order chi connectivity index (χ1) is 8.93. The highest BCUT2D eigenvalue weighted by molar-refractivity contribution is 7.13. The molecule has 0 amide bonds. The Balaban J connectivity index is 1.75. The second-order valence-corrected chi connectivity index (χ2v) is 5.58. The lowest BCUT2D eigenvalue weighted by Gasteiger charge is -2.13. The van der Waals surface area contributed by atoms with E-state index in [0.29, 0.717) is 5.92 Å². The Kier molecular flexibility index (Phi) is 3.62. The minimum Gasteiger partial charge on any atom is -0.384 e. The van der Waals surface area contributed by atoms with Crippen LogP contribution in [0.15, 0.2) is 41.8 Å². The molecule has 18 heavy (non-hydrogen) atoms. The summed E-state index contributed by atoms with van der Waals surface area (Å²) in [5, 5.41) is 5.69. The highest BCUT2D eigenvalue weighted by atomic mass is 32.1. The minimum atomic E-state index is 0.654. The lowest BCUT2D eigenvalue weighted by Crippen LogP contribution is -2.14. The van der Waals surface area contributed by atoms with Crippen molar-refractivity contribution in [2.45, 2.75) is 6.42 Å². The van der Waals surface area contributed by atoms with Gasteiger partial charge in [0, 0.05) is 35.2 Å². The van der Waals surface area contributed by atoms with E-state index in [1.807, 2.05) is 0 Å². The standard InChI is InChI=1S/C15H17NOS/c1-2-5-14(16-10-12-7-8-17-11-12)13(4-1)15-6-3-9-18-15/h1-6,9,12,16H,7-8,10-11H2. The number of thiophene rings is 1. The first kappa shape index (κ1) is 11.8. The van der Waals surface area contributed by atoms with E-state index in [0.717, 1.165) is 19.8 Å². The van der Waals surface area contributed by atoms with E-state index in [1.165, 1.54) is 22.5 Å². The molecule has 1 aromatic carbocycles. The van der Waals surface area contributed by atoms with Gasteiger partial charge in [-0.2, -0.15) is 0 Å². The highest BCUT2D eigenvalue weighted by Crippen LogP contribution is 2.31. The van der Waals surface area contributed by atoms with Crippen molar-refractivity contribution in [1.82, 2.24) is 0 Å². The average Bonchev–Trinajstić information content (AvgIpc) is 3.10. The molecular formula is C15H17NOS. The summed E-state index contributed by atoms with van der Waals surface area (Å²) in [4.78, 5) is 1.32. The van der Waals surface area contributed by atoms with E-state index in [1.54, 1.807) is 11.3 Å². The molecule has 2 heterocycles. The topological polar surface area (TPSA) is 21.3 Å². The predicted octanol–water partition coefficient (Wildman–Crippen LogP) is 3.86. The first-order valence-electron chi connectivity index (χ1n) is 6.38. The van der Waals surface area contributed by atoms with Crippen LogP contribution in [0.1, 0.15) is 6.42 Å². The highest BCUT2D eigenvalue weighted by Gasteiger charge is 2.15. The van der Waals surface area contributed by atoms with Crippen LogP contribution in [0.5, 0.6) is 0 Å². The number of hydrogen-bond donors (Lipinski definition) is 1. The quantitative estimate of drug-likeness (QED) is 0.900. The molecule has 2 aromatic rings. The fraction of sp³-hybridized carbons (Fsp3) is 0.333. The van der Waals surface area contributed by atoms with Crippen LogP contribution >= 0.6 is 11.3 Å². The molecule has 0 saturated carbocycles. The molecule has 3 rings (SSSR count). The van der Waals surface area contributed by atoms with E-state index < -0.39 is 0 Å². The lowest BCUT2D eigenvalue weighted by molar-refractivity contribution is 0.187. The van der Waals surface area contributed by atoms with Crippen molar-refractivity contribution >= 4 is 17.0 Å². The number of rotatable bonds is 4. The van der Waals surface area contributed by atoms with Crippen molar-refractivity contribution in [3.8, 4) is 10.4 Å². The zero-order chi connectivity index (χ0) is 12.2. The maximum absolute atomic E-state index is 5.41. The zero-order valence-corrected chi connectivity index (χ0v) is 11.1. The van der Waals surface area contributed by atoms with E-state index in [2.05, 4.69) is 47.1 Å². The molecule has 1 saturated heterocycles. The number of ether oxygens (including phenoxy) is 1. The summed E-state index contributed by atoms with van der Waals surface area (Å²) in [5.74, 6) is 0.654. The molecular weight excluding hydrogens is 242 g/mol. The van der Waals surface area contributed by atoms with E-state index >= 15 is 0 Å². The van der Waals surface area contributed by atoms with Crippen LogP contribution in [0.25, 0.3) is 10.4 Å². The normalized spacial score (nSPS) is 19.0. The van der Waals surface area contributed by atoms with Gasteiger partial charge >= 0.3 is 0 Å². The van der Waals surface area contributed by atoms with Crippen molar-refractivity contribution in [3.05, 3.63) is 41.8 Å². The molecule has 1 aromatic heterocycles. The molecule has 1 aliphatic rings. The Morgan fingerprint density at radius 3 is 2.94 bits per heavy atom. The third kappa shape index (κ3) is 2.57. The molecule has 0 aliphatic carbocycles. The third-order valence-electron chi connectivity index (χ3n) is 3.32. The largest absolute Gasteiger partial charge is 0.384 e. The molecule has 1 unspecified atom stereocenters. The van der Waals surface area contributed by atoms with Gasteiger partial charge in [-0.25, -0.2) is 0 Å². The SMILES string of the molecule is c1csc(-c2ccccc2NCC2CCOC2)c1. The Bertz CT molecular complexity index is 489. The molecule has 2 nitrogen and oxygen atoms in total. The number of para-hydroxylation sites is 1. The van der Waals surface area contributed by atoms with Gasteiger partial charge in [0.05, 0.1) is 6.61 Å². The van der Waals surface area contributed by atoms with Crippen LogP contribution in [0, 0.1) is 5.92 Å². The first-order valence-corrected chi connectivity index (χ1v) is 7.26. The summed E-state index contributed by atoms with van der Waals surface area (Å²) < 4.78 is 5.41. The molecule has 3 heteroatoms. The lowest BCUT2D eigenvalue weighted by atomic mass is 10.1. The van der Waals surface area contributed by atoms with Crippen molar-refractivity contribution in [2.75, 3.05) is 25.1 Å². The van der Waals surface area contributed by atoms with E-state index in [9.17, 15) is 0 Å². The number of nitrogens with one attached hydrogen (secondary N) is 1. The van der Waals surface area contributed by atoms with E-state index in [4.69, 9.17) is 4.74 Å². The molecule has 0 bridgehead atoms. The summed E-state index contributed by atoms with van der Waals surface area (Å²) in [7, 11) is 0. The summed E-state index contributed by atoms with van der Waals surface area (Å²) in [6.07, 6.45) is 1.17. The predicted molar refractivity (Wildman–Crippen MR) is 77.2 cm³/mol. The van der Waals surface area contributed by atoms with Crippen molar-refractivity contribution in [2.24, 2.45) is 5.92 Å². The van der Waals surface area contributed by atoms with Gasteiger partial charge in [-0.05, 0) is 23.9 Å². The Morgan fingerprint density at radius 1 is 1.22 bits per heavy atom. The van der Waals surface area contributed by atoms with E-state index in [-0.39, 0.29) is 0 Å². The molecule has 1 aliphatic heterocycles. The van der Waals surface area contributed by atoms with Gasteiger partial charge in [-0.3, -0.25) is 0 Å². The minimum absolute atomic E-state index is 0.654. The molecule has 94 valence electrons.